The van der Waals surface area contributed by atoms with E-state index in [1.807, 2.05) is 0 Å². The van der Waals surface area contributed by atoms with Crippen molar-refractivity contribution in [3.05, 3.63) is 29.8 Å². The van der Waals surface area contributed by atoms with E-state index in [2.05, 4.69) is 9.47 Å². The van der Waals surface area contributed by atoms with Crippen LogP contribution in [0, 0.1) is 0 Å². The van der Waals surface area contributed by atoms with E-state index in [9.17, 15) is 4.79 Å². The van der Waals surface area contributed by atoms with Gasteiger partial charge in [0.2, 0.25) is 0 Å². The Morgan fingerprint density at radius 3 is 2.27 bits per heavy atom. The highest BCUT2D eigenvalue weighted by Gasteiger charge is 2.00. The molecule has 0 saturated carbocycles. The van der Waals surface area contributed by atoms with E-state index < -0.39 is 5.97 Å². The van der Waals surface area contributed by atoms with Crippen molar-refractivity contribution in [2.45, 2.75) is 0 Å². The molecule has 0 aliphatic carbocycles. The van der Waals surface area contributed by atoms with E-state index in [1.54, 1.807) is 12.1 Å². The average molecular weight is 170 g/mol. The summed E-state index contributed by atoms with van der Waals surface area (Å²) < 4.78 is 4.77. The standard InChI is InChI=1S/C7H7O3P/c8-7(9)5-1-3-6(10-11)4-2-5/h1-4H,11H2,(H,8,9). The molecule has 4 heteroatoms. The van der Waals surface area contributed by atoms with Gasteiger partial charge < -0.3 is 9.63 Å². The average Bonchev–Trinajstić information content (AvgIpc) is 2.05. The first kappa shape index (κ1) is 8.02. The van der Waals surface area contributed by atoms with E-state index >= 15 is 0 Å². The smallest absolute Gasteiger partial charge is 0.335 e. The molecule has 1 unspecified atom stereocenters. The van der Waals surface area contributed by atoms with Crippen LogP contribution in [-0.4, -0.2) is 11.1 Å². The number of carboxylic acids is 1. The summed E-state index contributed by atoms with van der Waals surface area (Å²) in [6, 6.07) is 6.16. The number of benzene rings is 1. The van der Waals surface area contributed by atoms with Gasteiger partial charge in [-0.3, -0.25) is 0 Å². The predicted molar refractivity (Wildman–Crippen MR) is 43.7 cm³/mol. The Balaban J connectivity index is 2.91. The minimum atomic E-state index is -0.930. The van der Waals surface area contributed by atoms with Crippen LogP contribution in [0.1, 0.15) is 10.4 Å². The van der Waals surface area contributed by atoms with Gasteiger partial charge in [-0.25, -0.2) is 4.79 Å². The fourth-order valence-electron chi connectivity index (χ4n) is 0.676. The molecule has 3 nitrogen and oxygen atoms in total. The second-order valence-electron chi connectivity index (χ2n) is 1.95. The first-order chi connectivity index (χ1) is 5.24. The first-order valence-corrected chi connectivity index (χ1v) is 3.41. The van der Waals surface area contributed by atoms with Crippen LogP contribution in [0.4, 0.5) is 0 Å². The zero-order chi connectivity index (χ0) is 8.27. The lowest BCUT2D eigenvalue weighted by atomic mass is 10.2. The van der Waals surface area contributed by atoms with E-state index in [0.717, 1.165) is 0 Å². The van der Waals surface area contributed by atoms with Gasteiger partial charge in [-0.15, -0.1) is 0 Å². The van der Waals surface area contributed by atoms with Crippen molar-refractivity contribution in [2.24, 2.45) is 0 Å². The summed E-state index contributed by atoms with van der Waals surface area (Å²) >= 11 is 0. The molecule has 0 saturated heterocycles. The lowest BCUT2D eigenvalue weighted by Crippen LogP contribution is -1.94. The molecule has 0 aliphatic heterocycles. The maximum Gasteiger partial charge on any atom is 0.335 e. The number of hydrogen-bond acceptors (Lipinski definition) is 2. The fourth-order valence-corrected chi connectivity index (χ4v) is 0.833. The minimum Gasteiger partial charge on any atom is -0.480 e. The number of carbonyl (C=O) groups is 1. The zero-order valence-corrected chi connectivity index (χ0v) is 6.81. The number of aromatic carboxylic acids is 1. The van der Waals surface area contributed by atoms with Gasteiger partial charge in [0.1, 0.15) is 5.75 Å². The number of rotatable bonds is 2. The molecule has 0 fully saturated rings. The molecule has 0 spiro atoms. The van der Waals surface area contributed by atoms with Crippen molar-refractivity contribution < 1.29 is 14.4 Å². The molecular weight excluding hydrogens is 163 g/mol. The molecule has 0 aliphatic rings. The summed E-state index contributed by atoms with van der Waals surface area (Å²) in [7, 11) is 2.09. The van der Waals surface area contributed by atoms with Gasteiger partial charge in [0.25, 0.3) is 0 Å². The van der Waals surface area contributed by atoms with Gasteiger partial charge in [-0.2, -0.15) is 0 Å². The Morgan fingerprint density at radius 2 is 1.91 bits per heavy atom. The maximum atomic E-state index is 10.4. The van der Waals surface area contributed by atoms with Crippen LogP contribution in [0.15, 0.2) is 24.3 Å². The Bertz CT molecular complexity index is 255. The molecular formula is C7H7O3P. The van der Waals surface area contributed by atoms with Crippen LogP contribution in [0.5, 0.6) is 5.75 Å². The molecule has 0 radical (unpaired) electrons. The van der Waals surface area contributed by atoms with Gasteiger partial charge in [0.15, 0.2) is 0 Å². The van der Waals surface area contributed by atoms with Crippen LogP contribution in [-0.2, 0) is 0 Å². The Morgan fingerprint density at radius 1 is 1.36 bits per heavy atom. The summed E-state index contributed by atoms with van der Waals surface area (Å²) in [6.45, 7) is 0. The van der Waals surface area contributed by atoms with Crippen molar-refractivity contribution in [2.75, 3.05) is 0 Å². The molecule has 1 N–H and O–H groups in total. The highest BCUT2D eigenvalue weighted by Crippen LogP contribution is 2.13. The molecule has 1 aromatic rings. The van der Waals surface area contributed by atoms with E-state index in [0.29, 0.717) is 5.75 Å². The quantitative estimate of drug-likeness (QED) is 0.685. The van der Waals surface area contributed by atoms with E-state index in [1.165, 1.54) is 12.1 Å². The van der Waals surface area contributed by atoms with Gasteiger partial charge >= 0.3 is 5.97 Å². The zero-order valence-electron chi connectivity index (χ0n) is 5.65. The van der Waals surface area contributed by atoms with Gasteiger partial charge in [-0.05, 0) is 24.3 Å². The van der Waals surface area contributed by atoms with Gasteiger partial charge in [0, 0.05) is 0 Å². The van der Waals surface area contributed by atoms with E-state index in [-0.39, 0.29) is 5.56 Å². The van der Waals surface area contributed by atoms with Crippen molar-refractivity contribution in [3.63, 3.8) is 0 Å². The van der Waals surface area contributed by atoms with Gasteiger partial charge in [-0.1, -0.05) is 0 Å². The summed E-state index contributed by atoms with van der Waals surface area (Å²) in [4.78, 5) is 10.4. The highest BCUT2D eigenvalue weighted by atomic mass is 31.0. The summed E-state index contributed by atoms with van der Waals surface area (Å²) in [5.74, 6) is -0.305. The maximum absolute atomic E-state index is 10.4. The van der Waals surface area contributed by atoms with Crippen molar-refractivity contribution in [1.82, 2.24) is 0 Å². The Kier molecular flexibility index (Phi) is 2.44. The monoisotopic (exact) mass is 170 g/mol. The third kappa shape index (κ3) is 1.92. The molecule has 0 bridgehead atoms. The van der Waals surface area contributed by atoms with Crippen LogP contribution in [0.3, 0.4) is 0 Å². The van der Waals surface area contributed by atoms with Crippen LogP contribution < -0.4 is 4.52 Å². The fraction of sp³-hybridized carbons (Fsp3) is 0. The summed E-state index contributed by atoms with van der Waals surface area (Å²) in [5, 5.41) is 8.50. The SMILES string of the molecule is O=C(O)c1ccc(OP)cc1. The van der Waals surface area contributed by atoms with E-state index in [4.69, 9.17) is 9.63 Å². The second kappa shape index (κ2) is 3.35. The molecule has 0 aromatic heterocycles. The Labute approximate surface area is 66.3 Å². The predicted octanol–water partition coefficient (Wildman–Crippen LogP) is 1.55. The topological polar surface area (TPSA) is 46.5 Å². The van der Waals surface area contributed by atoms with Crippen LogP contribution in [0.25, 0.3) is 0 Å². The van der Waals surface area contributed by atoms with Crippen molar-refractivity contribution in [1.29, 1.82) is 0 Å². The molecule has 11 heavy (non-hydrogen) atoms. The third-order valence-corrected chi connectivity index (χ3v) is 1.51. The summed E-state index contributed by atoms with van der Waals surface area (Å²) in [6.07, 6.45) is 0. The summed E-state index contributed by atoms with van der Waals surface area (Å²) in [5.41, 5.74) is 0.260. The van der Waals surface area contributed by atoms with Crippen LogP contribution in [0.2, 0.25) is 0 Å². The highest BCUT2D eigenvalue weighted by molar-refractivity contribution is 7.10. The molecule has 1 rings (SSSR count). The lowest BCUT2D eigenvalue weighted by molar-refractivity contribution is 0.0697. The molecule has 0 amide bonds. The lowest BCUT2D eigenvalue weighted by Gasteiger charge is -1.97. The largest absolute Gasteiger partial charge is 0.480 e. The van der Waals surface area contributed by atoms with Crippen molar-refractivity contribution >= 4 is 15.4 Å². The van der Waals surface area contributed by atoms with Gasteiger partial charge in [0.05, 0.1) is 15.0 Å². The number of hydrogen-bond donors (Lipinski definition) is 1. The first-order valence-electron chi connectivity index (χ1n) is 2.94. The van der Waals surface area contributed by atoms with Crippen LogP contribution >= 0.6 is 9.47 Å². The minimum absolute atomic E-state index is 0.260. The van der Waals surface area contributed by atoms with Crippen molar-refractivity contribution in [3.8, 4) is 5.75 Å². The second-order valence-corrected chi connectivity index (χ2v) is 2.18. The Hall–Kier alpha value is -1.08. The molecule has 58 valence electrons. The molecule has 1 aromatic carbocycles. The number of carboxylic acid groups (broad SMARTS) is 1. The third-order valence-electron chi connectivity index (χ3n) is 1.24. The molecule has 1 atom stereocenters. The molecule has 0 heterocycles. The normalized spacial score (nSPS) is 9.18.